The number of nitrogens with one attached hydrogen (secondary N) is 1. The van der Waals surface area contributed by atoms with E-state index in [1.165, 1.54) is 12.1 Å². The fraction of sp³-hybridized carbons (Fsp3) is 0.346. The van der Waals surface area contributed by atoms with Crippen molar-refractivity contribution < 1.29 is 18.0 Å². The molecule has 1 amide bonds. The number of benzene rings is 2. The number of carbonyl (C=O) groups is 1. The van der Waals surface area contributed by atoms with Gasteiger partial charge in [-0.05, 0) is 50.2 Å². The molecule has 2 unspecified atom stereocenters. The van der Waals surface area contributed by atoms with E-state index in [0.29, 0.717) is 25.2 Å². The summed E-state index contributed by atoms with van der Waals surface area (Å²) in [5.41, 5.74) is 2.43. The molecule has 1 saturated heterocycles. The van der Waals surface area contributed by atoms with Crippen LogP contribution >= 0.6 is 0 Å². The minimum Gasteiger partial charge on any atom is -0.464 e. The van der Waals surface area contributed by atoms with E-state index in [-0.39, 0.29) is 24.1 Å². The lowest BCUT2D eigenvalue weighted by Crippen LogP contribution is -2.60. The molecule has 0 bridgehead atoms. The SMILES string of the molecule is Cc1ccc(F)c(CN2CC(C)N(C)C(C(=O)NCc3ccc(-c4ccco4)cc3)C2)c1F. The first kappa shape index (κ1) is 23.1. The van der Waals surface area contributed by atoms with Gasteiger partial charge >= 0.3 is 0 Å². The molecule has 4 rings (SSSR count). The van der Waals surface area contributed by atoms with Crippen LogP contribution < -0.4 is 5.32 Å². The van der Waals surface area contributed by atoms with Gasteiger partial charge in [0.25, 0.3) is 0 Å². The number of nitrogens with zero attached hydrogens (tertiary/aromatic N) is 2. The van der Waals surface area contributed by atoms with Crippen LogP contribution in [0, 0.1) is 18.6 Å². The third-order valence-electron chi connectivity index (χ3n) is 6.43. The summed E-state index contributed by atoms with van der Waals surface area (Å²) in [5.74, 6) is -0.372. The Kier molecular flexibility index (Phi) is 6.91. The maximum atomic E-state index is 14.5. The van der Waals surface area contributed by atoms with E-state index in [0.717, 1.165) is 16.9 Å². The van der Waals surface area contributed by atoms with E-state index in [2.05, 4.69) is 5.32 Å². The molecule has 0 radical (unpaired) electrons. The number of halogens is 2. The molecular weight excluding hydrogens is 424 g/mol. The average Bonchev–Trinajstić information content (AvgIpc) is 3.35. The van der Waals surface area contributed by atoms with Gasteiger partial charge in [-0.15, -0.1) is 0 Å². The molecule has 0 saturated carbocycles. The molecule has 0 spiro atoms. The normalized spacial score (nSPS) is 19.5. The monoisotopic (exact) mass is 453 g/mol. The van der Waals surface area contributed by atoms with Crippen LogP contribution in [-0.2, 0) is 17.9 Å². The Labute approximate surface area is 193 Å². The van der Waals surface area contributed by atoms with Crippen molar-refractivity contribution in [3.8, 4) is 11.3 Å². The van der Waals surface area contributed by atoms with E-state index in [9.17, 15) is 13.6 Å². The predicted octanol–water partition coefficient (Wildman–Crippen LogP) is 4.35. The van der Waals surface area contributed by atoms with E-state index in [4.69, 9.17) is 4.42 Å². The van der Waals surface area contributed by atoms with Crippen molar-refractivity contribution in [1.29, 1.82) is 0 Å². The summed E-state index contributed by atoms with van der Waals surface area (Å²) in [6, 6.07) is 14.0. The summed E-state index contributed by atoms with van der Waals surface area (Å²) in [6.45, 7) is 5.20. The number of piperazine rings is 1. The van der Waals surface area contributed by atoms with Crippen molar-refractivity contribution in [2.24, 2.45) is 0 Å². The van der Waals surface area contributed by atoms with Gasteiger partial charge in [0.1, 0.15) is 23.4 Å². The van der Waals surface area contributed by atoms with E-state index in [1.807, 2.05) is 60.2 Å². The van der Waals surface area contributed by atoms with Crippen molar-refractivity contribution in [2.75, 3.05) is 20.1 Å². The second-order valence-electron chi connectivity index (χ2n) is 8.77. The van der Waals surface area contributed by atoms with Crippen molar-refractivity contribution >= 4 is 5.91 Å². The van der Waals surface area contributed by atoms with Crippen molar-refractivity contribution in [2.45, 2.75) is 39.0 Å². The molecule has 2 heterocycles. The molecule has 0 aliphatic carbocycles. The topological polar surface area (TPSA) is 48.7 Å². The smallest absolute Gasteiger partial charge is 0.238 e. The summed E-state index contributed by atoms with van der Waals surface area (Å²) in [5, 5.41) is 3.01. The fourth-order valence-corrected chi connectivity index (χ4v) is 4.27. The predicted molar refractivity (Wildman–Crippen MR) is 123 cm³/mol. The van der Waals surface area contributed by atoms with Crippen LogP contribution in [0.3, 0.4) is 0 Å². The number of carbonyl (C=O) groups excluding carboxylic acids is 1. The molecule has 1 fully saturated rings. The largest absolute Gasteiger partial charge is 0.464 e. The van der Waals surface area contributed by atoms with Crippen LogP contribution in [0.5, 0.6) is 0 Å². The Balaban J connectivity index is 1.39. The van der Waals surface area contributed by atoms with E-state index < -0.39 is 17.7 Å². The maximum absolute atomic E-state index is 14.5. The quantitative estimate of drug-likeness (QED) is 0.603. The third-order valence-corrected chi connectivity index (χ3v) is 6.43. The highest BCUT2D eigenvalue weighted by molar-refractivity contribution is 5.82. The van der Waals surface area contributed by atoms with Crippen LogP contribution in [-0.4, -0.2) is 47.9 Å². The number of amides is 1. The van der Waals surface area contributed by atoms with Crippen LogP contribution in [0.1, 0.15) is 23.6 Å². The zero-order valence-corrected chi connectivity index (χ0v) is 19.1. The molecule has 7 heteroatoms. The van der Waals surface area contributed by atoms with Gasteiger partial charge in [-0.2, -0.15) is 0 Å². The van der Waals surface area contributed by atoms with Gasteiger partial charge in [0.05, 0.1) is 6.26 Å². The maximum Gasteiger partial charge on any atom is 0.238 e. The fourth-order valence-electron chi connectivity index (χ4n) is 4.27. The Morgan fingerprint density at radius 2 is 1.88 bits per heavy atom. The van der Waals surface area contributed by atoms with E-state index >= 15 is 0 Å². The van der Waals surface area contributed by atoms with Crippen LogP contribution in [0.2, 0.25) is 0 Å². The Morgan fingerprint density at radius 1 is 1.12 bits per heavy atom. The van der Waals surface area contributed by atoms with Gasteiger partial charge in [-0.25, -0.2) is 8.78 Å². The van der Waals surface area contributed by atoms with E-state index in [1.54, 1.807) is 13.2 Å². The summed E-state index contributed by atoms with van der Waals surface area (Å²) in [7, 11) is 1.91. The molecule has 33 heavy (non-hydrogen) atoms. The summed E-state index contributed by atoms with van der Waals surface area (Å²) in [4.78, 5) is 17.0. The Morgan fingerprint density at radius 3 is 2.58 bits per heavy atom. The number of likely N-dealkylation sites (N-methyl/N-ethyl adjacent to an activating group) is 1. The van der Waals surface area contributed by atoms with Gasteiger partial charge in [0.2, 0.25) is 5.91 Å². The number of hydrogen-bond acceptors (Lipinski definition) is 4. The highest BCUT2D eigenvalue weighted by Crippen LogP contribution is 2.23. The van der Waals surface area contributed by atoms with Crippen molar-refractivity contribution in [3.05, 3.63) is 83.1 Å². The standard InChI is InChI=1S/C26H29F2N3O2/c1-17-6-11-22(27)21(25(17)28)15-31-14-18(2)30(3)23(16-31)26(32)29-13-19-7-9-20(10-8-19)24-5-4-12-33-24/h4-12,18,23H,13-16H2,1-3H3,(H,29,32). The van der Waals surface area contributed by atoms with Crippen LogP contribution in [0.15, 0.2) is 59.2 Å². The lowest BCUT2D eigenvalue weighted by atomic mass is 10.0. The minimum atomic E-state index is -0.552. The molecule has 3 aromatic rings. The average molecular weight is 454 g/mol. The second kappa shape index (κ2) is 9.85. The molecular formula is C26H29F2N3O2. The molecule has 1 N–H and O–H groups in total. The minimum absolute atomic E-state index is 0.0579. The first-order valence-corrected chi connectivity index (χ1v) is 11.1. The molecule has 1 aromatic heterocycles. The number of hydrogen-bond donors (Lipinski definition) is 1. The third kappa shape index (κ3) is 5.15. The van der Waals surface area contributed by atoms with Crippen LogP contribution in [0.4, 0.5) is 8.78 Å². The van der Waals surface area contributed by atoms with Gasteiger partial charge in [0.15, 0.2) is 0 Å². The molecule has 1 aliphatic rings. The Bertz CT molecular complexity index is 1100. The van der Waals surface area contributed by atoms with Gasteiger partial charge in [-0.1, -0.05) is 30.3 Å². The zero-order chi connectivity index (χ0) is 23.5. The zero-order valence-electron chi connectivity index (χ0n) is 19.1. The lowest BCUT2D eigenvalue weighted by Gasteiger charge is -2.43. The molecule has 1 aliphatic heterocycles. The second-order valence-corrected chi connectivity index (χ2v) is 8.77. The summed E-state index contributed by atoms with van der Waals surface area (Å²) >= 11 is 0. The first-order chi connectivity index (χ1) is 15.8. The van der Waals surface area contributed by atoms with Crippen molar-refractivity contribution in [3.63, 3.8) is 0 Å². The molecule has 2 atom stereocenters. The number of furan rings is 1. The summed E-state index contributed by atoms with van der Waals surface area (Å²) < 4.78 is 34.2. The van der Waals surface area contributed by atoms with Crippen LogP contribution in [0.25, 0.3) is 11.3 Å². The van der Waals surface area contributed by atoms with Gasteiger partial charge < -0.3 is 9.73 Å². The molecule has 2 aromatic carbocycles. The molecule has 5 nitrogen and oxygen atoms in total. The Hall–Kier alpha value is -3.03. The molecule has 174 valence electrons. The van der Waals surface area contributed by atoms with Crippen molar-refractivity contribution in [1.82, 2.24) is 15.1 Å². The number of aryl methyl sites for hydroxylation is 1. The lowest BCUT2D eigenvalue weighted by molar-refractivity contribution is -0.130. The summed E-state index contributed by atoms with van der Waals surface area (Å²) in [6.07, 6.45) is 1.64. The highest BCUT2D eigenvalue weighted by atomic mass is 19.1. The van der Waals surface area contributed by atoms with Gasteiger partial charge in [0, 0.05) is 43.3 Å². The van der Waals surface area contributed by atoms with Gasteiger partial charge in [-0.3, -0.25) is 14.6 Å². The highest BCUT2D eigenvalue weighted by Gasteiger charge is 2.34. The first-order valence-electron chi connectivity index (χ1n) is 11.1. The number of rotatable bonds is 6.